The zero-order valence-electron chi connectivity index (χ0n) is 11.2. The van der Waals surface area contributed by atoms with Crippen LogP contribution < -0.4 is 4.74 Å². The number of carboxylic acids is 1. The van der Waals surface area contributed by atoms with Gasteiger partial charge in [0.1, 0.15) is 11.3 Å². The average Bonchev–Trinajstić information content (AvgIpc) is 2.26. The fourth-order valence-corrected chi connectivity index (χ4v) is 3.21. The summed E-state index contributed by atoms with van der Waals surface area (Å²) in [4.78, 5) is 11.2. The highest BCUT2D eigenvalue weighted by Gasteiger charge is 2.27. The third kappa shape index (κ3) is 3.41. The highest BCUT2D eigenvalue weighted by Crippen LogP contribution is 2.34. The second-order valence-electron chi connectivity index (χ2n) is 5.58. The van der Waals surface area contributed by atoms with Crippen molar-refractivity contribution in [2.75, 3.05) is 0 Å². The topological polar surface area (TPSA) is 46.5 Å². The number of hydrogen-bond acceptors (Lipinski definition) is 2. The number of aromatic carboxylic acids is 1. The fraction of sp³-hybridized carbons (Fsp3) is 0.533. The van der Waals surface area contributed by atoms with Gasteiger partial charge in [0, 0.05) is 0 Å². The lowest BCUT2D eigenvalue weighted by Gasteiger charge is -2.32. The molecule has 0 heterocycles. The number of ether oxygens (including phenoxy) is 1. The van der Waals surface area contributed by atoms with E-state index in [1.807, 2.05) is 0 Å². The molecular formula is C15H19ClO3. The minimum Gasteiger partial charge on any atom is -0.489 e. The van der Waals surface area contributed by atoms with Gasteiger partial charge in [-0.1, -0.05) is 31.5 Å². The Hall–Kier alpha value is -1.22. The van der Waals surface area contributed by atoms with Gasteiger partial charge in [-0.05, 0) is 43.2 Å². The van der Waals surface area contributed by atoms with Crippen molar-refractivity contribution in [1.29, 1.82) is 0 Å². The Morgan fingerprint density at radius 2 is 1.89 bits per heavy atom. The van der Waals surface area contributed by atoms with Crippen molar-refractivity contribution >= 4 is 17.6 Å². The molecule has 104 valence electrons. The fourth-order valence-electron chi connectivity index (χ4n) is 2.96. The molecule has 0 amide bonds. The normalized spacial score (nSPS) is 27.0. The van der Waals surface area contributed by atoms with Gasteiger partial charge in [-0.25, -0.2) is 4.79 Å². The Morgan fingerprint density at radius 1 is 1.26 bits per heavy atom. The molecule has 1 aromatic carbocycles. The number of carboxylic acid groups (broad SMARTS) is 1. The van der Waals surface area contributed by atoms with Crippen molar-refractivity contribution in [3.8, 4) is 5.75 Å². The zero-order chi connectivity index (χ0) is 14.0. The van der Waals surface area contributed by atoms with Gasteiger partial charge in [-0.2, -0.15) is 0 Å². The van der Waals surface area contributed by atoms with Crippen molar-refractivity contribution in [2.45, 2.75) is 39.2 Å². The van der Waals surface area contributed by atoms with Crippen LogP contribution in [0.25, 0.3) is 0 Å². The molecule has 2 rings (SSSR count). The van der Waals surface area contributed by atoms with E-state index in [9.17, 15) is 9.90 Å². The molecular weight excluding hydrogens is 264 g/mol. The Bertz CT molecular complexity index is 462. The summed E-state index contributed by atoms with van der Waals surface area (Å²) < 4.78 is 5.90. The number of hydrogen-bond donors (Lipinski definition) is 1. The maximum Gasteiger partial charge on any atom is 0.341 e. The maximum absolute atomic E-state index is 11.2. The Morgan fingerprint density at radius 3 is 2.47 bits per heavy atom. The lowest BCUT2D eigenvalue weighted by molar-refractivity contribution is 0.0676. The van der Waals surface area contributed by atoms with Gasteiger partial charge in [0.05, 0.1) is 11.1 Å². The van der Waals surface area contributed by atoms with Gasteiger partial charge in [0.2, 0.25) is 0 Å². The van der Waals surface area contributed by atoms with E-state index in [1.165, 1.54) is 6.42 Å². The third-order valence-electron chi connectivity index (χ3n) is 3.62. The van der Waals surface area contributed by atoms with Crippen LogP contribution in [0, 0.1) is 11.8 Å². The number of halogens is 1. The van der Waals surface area contributed by atoms with E-state index in [0.29, 0.717) is 17.6 Å². The first kappa shape index (κ1) is 14.2. The van der Waals surface area contributed by atoms with Crippen molar-refractivity contribution in [2.24, 2.45) is 11.8 Å². The quantitative estimate of drug-likeness (QED) is 0.902. The molecule has 1 fully saturated rings. The highest BCUT2D eigenvalue weighted by molar-refractivity contribution is 6.33. The molecule has 0 aromatic heterocycles. The van der Waals surface area contributed by atoms with E-state index < -0.39 is 5.97 Å². The van der Waals surface area contributed by atoms with Crippen molar-refractivity contribution in [3.05, 3.63) is 28.8 Å². The average molecular weight is 283 g/mol. The molecule has 1 aliphatic carbocycles. The SMILES string of the molecule is CC1CC(C)CC(Oc2cccc(Cl)c2C(=O)O)C1. The molecule has 0 spiro atoms. The molecule has 3 nitrogen and oxygen atoms in total. The molecule has 1 saturated carbocycles. The highest BCUT2D eigenvalue weighted by atomic mass is 35.5. The second-order valence-corrected chi connectivity index (χ2v) is 5.98. The molecule has 2 atom stereocenters. The van der Waals surface area contributed by atoms with E-state index in [-0.39, 0.29) is 16.7 Å². The van der Waals surface area contributed by atoms with Crippen molar-refractivity contribution in [3.63, 3.8) is 0 Å². The molecule has 4 heteroatoms. The zero-order valence-corrected chi connectivity index (χ0v) is 12.0. The second kappa shape index (κ2) is 5.83. The van der Waals surface area contributed by atoms with Gasteiger partial charge in [0.25, 0.3) is 0 Å². The van der Waals surface area contributed by atoms with Crippen LogP contribution in [0.4, 0.5) is 0 Å². The molecule has 1 aromatic rings. The van der Waals surface area contributed by atoms with E-state index in [1.54, 1.807) is 18.2 Å². The monoisotopic (exact) mass is 282 g/mol. The molecule has 1 aliphatic rings. The molecule has 0 bridgehead atoms. The van der Waals surface area contributed by atoms with Crippen molar-refractivity contribution in [1.82, 2.24) is 0 Å². The number of benzene rings is 1. The van der Waals surface area contributed by atoms with Crippen LogP contribution in [0.2, 0.25) is 5.02 Å². The first-order valence-electron chi connectivity index (χ1n) is 6.65. The third-order valence-corrected chi connectivity index (χ3v) is 3.93. The van der Waals surface area contributed by atoms with Crippen LogP contribution in [0.1, 0.15) is 43.5 Å². The molecule has 1 N–H and O–H groups in total. The van der Waals surface area contributed by atoms with Crippen LogP contribution in [-0.2, 0) is 0 Å². The van der Waals surface area contributed by atoms with E-state index in [2.05, 4.69) is 13.8 Å². The predicted octanol–water partition coefficient (Wildman–Crippen LogP) is 4.24. The summed E-state index contributed by atoms with van der Waals surface area (Å²) in [5, 5.41) is 9.44. The van der Waals surface area contributed by atoms with Gasteiger partial charge < -0.3 is 9.84 Å². The summed E-state index contributed by atoms with van der Waals surface area (Å²) in [6, 6.07) is 4.98. The predicted molar refractivity (Wildman–Crippen MR) is 75.0 cm³/mol. The standard InChI is InChI=1S/C15H19ClO3/c1-9-6-10(2)8-11(7-9)19-13-5-3-4-12(16)14(13)15(17)18/h3-5,9-11H,6-8H2,1-2H3,(H,17,18). The first-order chi connectivity index (χ1) is 8.97. The minimum absolute atomic E-state index is 0.0649. The number of carbonyl (C=O) groups is 1. The van der Waals surface area contributed by atoms with Gasteiger partial charge in [-0.15, -0.1) is 0 Å². The van der Waals surface area contributed by atoms with E-state index in [0.717, 1.165) is 12.8 Å². The van der Waals surface area contributed by atoms with Crippen LogP contribution in [0.5, 0.6) is 5.75 Å². The summed E-state index contributed by atoms with van der Waals surface area (Å²) >= 11 is 5.94. The largest absolute Gasteiger partial charge is 0.489 e. The van der Waals surface area contributed by atoms with Crippen LogP contribution in [0.15, 0.2) is 18.2 Å². The van der Waals surface area contributed by atoms with Gasteiger partial charge in [-0.3, -0.25) is 0 Å². The van der Waals surface area contributed by atoms with Crippen molar-refractivity contribution < 1.29 is 14.6 Å². The maximum atomic E-state index is 11.2. The summed E-state index contributed by atoms with van der Waals surface area (Å²) in [6.45, 7) is 4.42. The molecule has 19 heavy (non-hydrogen) atoms. The van der Waals surface area contributed by atoms with E-state index >= 15 is 0 Å². The van der Waals surface area contributed by atoms with Crippen LogP contribution >= 0.6 is 11.6 Å². The van der Waals surface area contributed by atoms with Gasteiger partial charge >= 0.3 is 5.97 Å². The van der Waals surface area contributed by atoms with Crippen LogP contribution in [0.3, 0.4) is 0 Å². The Balaban J connectivity index is 2.19. The number of rotatable bonds is 3. The molecule has 0 aliphatic heterocycles. The summed E-state index contributed by atoms with van der Waals surface area (Å²) in [7, 11) is 0. The lowest BCUT2D eigenvalue weighted by atomic mass is 9.82. The molecule has 2 unspecified atom stereocenters. The smallest absolute Gasteiger partial charge is 0.341 e. The molecule has 0 saturated heterocycles. The Kier molecular flexibility index (Phi) is 4.35. The summed E-state index contributed by atoms with van der Waals surface area (Å²) in [5.41, 5.74) is 0.0649. The minimum atomic E-state index is -1.04. The van der Waals surface area contributed by atoms with E-state index in [4.69, 9.17) is 16.3 Å². The molecule has 0 radical (unpaired) electrons. The summed E-state index contributed by atoms with van der Waals surface area (Å²) in [6.07, 6.45) is 3.22. The summed E-state index contributed by atoms with van der Waals surface area (Å²) in [5.74, 6) is 0.561. The first-order valence-corrected chi connectivity index (χ1v) is 7.03. The lowest BCUT2D eigenvalue weighted by Crippen LogP contribution is -2.29. The Labute approximate surface area is 118 Å². The van der Waals surface area contributed by atoms with Gasteiger partial charge in [0.15, 0.2) is 0 Å². The van der Waals surface area contributed by atoms with Crippen LogP contribution in [-0.4, -0.2) is 17.2 Å².